The molecule has 98 valence electrons. The van der Waals surface area contributed by atoms with Crippen molar-refractivity contribution in [2.75, 3.05) is 5.32 Å². The third-order valence-electron chi connectivity index (χ3n) is 3.85. The zero-order valence-electron chi connectivity index (χ0n) is 11.1. The topological polar surface area (TPSA) is 12.0 Å². The smallest absolute Gasteiger partial charge is 0.0485 e. The van der Waals surface area contributed by atoms with Gasteiger partial charge in [0.2, 0.25) is 0 Å². The lowest BCUT2D eigenvalue weighted by Gasteiger charge is -2.17. The summed E-state index contributed by atoms with van der Waals surface area (Å²) >= 11 is 3.46. The number of hydrogen-bond donors (Lipinski definition) is 1. The number of halogens is 1. The number of aryl methyl sites for hydroxylation is 2. The molecule has 1 aliphatic carbocycles. The van der Waals surface area contributed by atoms with Crippen LogP contribution < -0.4 is 5.32 Å². The zero-order chi connectivity index (χ0) is 13.2. The standard InChI is InChI=1S/C17H18BrN/c1-12(19-17-9-7-16(18)8-10-17)14-6-5-13-3-2-4-15(13)11-14/h5-12,19H,2-4H2,1H3. The SMILES string of the molecule is CC(Nc1ccc(Br)cc1)c1ccc2c(c1)CCC2. The van der Waals surface area contributed by atoms with Crippen LogP contribution in [0.2, 0.25) is 0 Å². The Balaban J connectivity index is 1.76. The van der Waals surface area contributed by atoms with Gasteiger partial charge in [0.25, 0.3) is 0 Å². The number of nitrogens with one attached hydrogen (secondary N) is 1. The number of hydrogen-bond acceptors (Lipinski definition) is 1. The first-order valence-corrected chi connectivity index (χ1v) is 7.65. The largest absolute Gasteiger partial charge is 0.379 e. The molecule has 1 aliphatic rings. The van der Waals surface area contributed by atoms with E-state index in [1.165, 1.54) is 24.8 Å². The van der Waals surface area contributed by atoms with Crippen LogP contribution in [-0.2, 0) is 12.8 Å². The summed E-state index contributed by atoms with van der Waals surface area (Å²) in [5.74, 6) is 0. The number of fused-ring (bicyclic) bond motifs is 1. The summed E-state index contributed by atoms with van der Waals surface area (Å²) in [6, 6.07) is 15.6. The van der Waals surface area contributed by atoms with Gasteiger partial charge in [-0.25, -0.2) is 0 Å². The highest BCUT2D eigenvalue weighted by Gasteiger charge is 2.13. The molecule has 3 rings (SSSR count). The van der Waals surface area contributed by atoms with Crippen molar-refractivity contribution in [1.82, 2.24) is 0 Å². The Morgan fingerprint density at radius 3 is 2.53 bits per heavy atom. The van der Waals surface area contributed by atoms with Gasteiger partial charge < -0.3 is 5.32 Å². The lowest BCUT2D eigenvalue weighted by molar-refractivity contribution is 0.879. The Morgan fingerprint density at radius 2 is 1.74 bits per heavy atom. The molecule has 0 saturated heterocycles. The van der Waals surface area contributed by atoms with Crippen molar-refractivity contribution in [3.05, 3.63) is 63.6 Å². The number of anilines is 1. The molecule has 0 aromatic heterocycles. The van der Waals surface area contributed by atoms with Gasteiger partial charge in [-0.1, -0.05) is 34.1 Å². The molecule has 1 atom stereocenters. The predicted molar refractivity (Wildman–Crippen MR) is 84.6 cm³/mol. The summed E-state index contributed by atoms with van der Waals surface area (Å²) < 4.78 is 1.11. The molecule has 1 unspecified atom stereocenters. The van der Waals surface area contributed by atoms with Crippen molar-refractivity contribution in [2.24, 2.45) is 0 Å². The molecule has 2 aromatic carbocycles. The van der Waals surface area contributed by atoms with Crippen LogP contribution in [0, 0.1) is 0 Å². The fourth-order valence-electron chi connectivity index (χ4n) is 2.74. The molecular formula is C17H18BrN. The van der Waals surface area contributed by atoms with Crippen LogP contribution in [0.25, 0.3) is 0 Å². The van der Waals surface area contributed by atoms with Gasteiger partial charge in [-0.15, -0.1) is 0 Å². The van der Waals surface area contributed by atoms with Gasteiger partial charge >= 0.3 is 0 Å². The summed E-state index contributed by atoms with van der Waals surface area (Å²) in [5.41, 5.74) is 5.63. The van der Waals surface area contributed by atoms with Crippen LogP contribution in [0.4, 0.5) is 5.69 Å². The van der Waals surface area contributed by atoms with Crippen molar-refractivity contribution in [3.8, 4) is 0 Å². The van der Waals surface area contributed by atoms with E-state index in [9.17, 15) is 0 Å². The van der Waals surface area contributed by atoms with Gasteiger partial charge in [-0.05, 0) is 67.1 Å². The van der Waals surface area contributed by atoms with E-state index < -0.39 is 0 Å². The second-order valence-electron chi connectivity index (χ2n) is 5.25. The molecule has 0 saturated carbocycles. The van der Waals surface area contributed by atoms with Crippen LogP contribution in [0.5, 0.6) is 0 Å². The van der Waals surface area contributed by atoms with Crippen LogP contribution in [0.3, 0.4) is 0 Å². The molecule has 19 heavy (non-hydrogen) atoms. The maximum Gasteiger partial charge on any atom is 0.0485 e. The normalized spacial score (nSPS) is 15.1. The summed E-state index contributed by atoms with van der Waals surface area (Å²) in [4.78, 5) is 0. The summed E-state index contributed by atoms with van der Waals surface area (Å²) in [7, 11) is 0. The van der Waals surface area contributed by atoms with Gasteiger partial charge in [-0.2, -0.15) is 0 Å². The van der Waals surface area contributed by atoms with Gasteiger partial charge in [0.1, 0.15) is 0 Å². The molecule has 0 bridgehead atoms. The lowest BCUT2D eigenvalue weighted by Crippen LogP contribution is -2.07. The summed E-state index contributed by atoms with van der Waals surface area (Å²) in [6.07, 6.45) is 3.81. The van der Waals surface area contributed by atoms with E-state index in [2.05, 4.69) is 70.6 Å². The molecule has 0 radical (unpaired) electrons. The molecule has 1 nitrogen and oxygen atoms in total. The fourth-order valence-corrected chi connectivity index (χ4v) is 3.00. The Kier molecular flexibility index (Phi) is 3.61. The minimum Gasteiger partial charge on any atom is -0.379 e. The van der Waals surface area contributed by atoms with E-state index in [-0.39, 0.29) is 0 Å². The van der Waals surface area contributed by atoms with E-state index in [1.54, 1.807) is 11.1 Å². The van der Waals surface area contributed by atoms with Crippen molar-refractivity contribution in [2.45, 2.75) is 32.2 Å². The molecule has 0 fully saturated rings. The van der Waals surface area contributed by atoms with Crippen molar-refractivity contribution < 1.29 is 0 Å². The Bertz CT molecular complexity index is 574. The molecule has 2 heteroatoms. The van der Waals surface area contributed by atoms with Gasteiger partial charge in [-0.3, -0.25) is 0 Å². The molecule has 0 amide bonds. The van der Waals surface area contributed by atoms with Gasteiger partial charge in [0, 0.05) is 16.2 Å². The Labute approximate surface area is 123 Å². The number of benzene rings is 2. The average Bonchev–Trinajstić information content (AvgIpc) is 2.88. The van der Waals surface area contributed by atoms with Crippen molar-refractivity contribution >= 4 is 21.6 Å². The molecular weight excluding hydrogens is 298 g/mol. The molecule has 0 aliphatic heterocycles. The van der Waals surface area contributed by atoms with Crippen LogP contribution in [0.1, 0.15) is 36.1 Å². The Hall–Kier alpha value is -1.28. The lowest BCUT2D eigenvalue weighted by atomic mass is 10.0. The van der Waals surface area contributed by atoms with Crippen molar-refractivity contribution in [3.63, 3.8) is 0 Å². The van der Waals surface area contributed by atoms with E-state index in [0.29, 0.717) is 6.04 Å². The van der Waals surface area contributed by atoms with Gasteiger partial charge in [0.05, 0.1) is 0 Å². The first-order chi connectivity index (χ1) is 9.22. The highest BCUT2D eigenvalue weighted by Crippen LogP contribution is 2.27. The molecule has 0 spiro atoms. The monoisotopic (exact) mass is 315 g/mol. The van der Waals surface area contributed by atoms with Crippen LogP contribution in [-0.4, -0.2) is 0 Å². The highest BCUT2D eigenvalue weighted by molar-refractivity contribution is 9.10. The average molecular weight is 316 g/mol. The second kappa shape index (κ2) is 5.38. The minimum absolute atomic E-state index is 0.340. The first-order valence-electron chi connectivity index (χ1n) is 6.86. The fraction of sp³-hybridized carbons (Fsp3) is 0.294. The molecule has 1 N–H and O–H groups in total. The second-order valence-corrected chi connectivity index (χ2v) is 6.17. The van der Waals surface area contributed by atoms with E-state index in [1.807, 2.05) is 0 Å². The molecule has 0 heterocycles. The zero-order valence-corrected chi connectivity index (χ0v) is 12.7. The Morgan fingerprint density at radius 1 is 1.00 bits per heavy atom. The van der Waals surface area contributed by atoms with E-state index in [4.69, 9.17) is 0 Å². The van der Waals surface area contributed by atoms with Gasteiger partial charge in [0.15, 0.2) is 0 Å². The first kappa shape index (κ1) is 12.7. The number of rotatable bonds is 3. The van der Waals surface area contributed by atoms with Crippen LogP contribution in [0.15, 0.2) is 46.9 Å². The minimum atomic E-state index is 0.340. The summed E-state index contributed by atoms with van der Waals surface area (Å²) in [5, 5.41) is 3.56. The predicted octanol–water partition coefficient (Wildman–Crippen LogP) is 5.11. The van der Waals surface area contributed by atoms with Crippen molar-refractivity contribution in [1.29, 1.82) is 0 Å². The maximum atomic E-state index is 3.56. The maximum absolute atomic E-state index is 3.56. The van der Waals surface area contributed by atoms with E-state index >= 15 is 0 Å². The third-order valence-corrected chi connectivity index (χ3v) is 4.38. The third kappa shape index (κ3) is 2.84. The van der Waals surface area contributed by atoms with Crippen LogP contribution >= 0.6 is 15.9 Å². The quantitative estimate of drug-likeness (QED) is 0.829. The van der Waals surface area contributed by atoms with E-state index in [0.717, 1.165) is 10.2 Å². The summed E-state index contributed by atoms with van der Waals surface area (Å²) in [6.45, 7) is 2.22. The molecule has 2 aromatic rings. The highest BCUT2D eigenvalue weighted by atomic mass is 79.9.